The Morgan fingerprint density at radius 3 is 2.77 bits per heavy atom. The molecule has 0 aliphatic carbocycles. The molecule has 0 spiro atoms. The van der Waals surface area contributed by atoms with Crippen LogP contribution in [0.3, 0.4) is 0 Å². The highest BCUT2D eigenvalue weighted by molar-refractivity contribution is 5.92. The van der Waals surface area contributed by atoms with Crippen molar-refractivity contribution in [3.05, 3.63) is 75.5 Å². The number of pyridine rings is 3. The number of hydrogen-bond donors (Lipinski definition) is 2. The van der Waals surface area contributed by atoms with Gasteiger partial charge in [-0.15, -0.1) is 0 Å². The minimum Gasteiger partial charge on any atom is -0.354 e. The van der Waals surface area contributed by atoms with Crippen molar-refractivity contribution in [2.45, 2.75) is 26.8 Å². The van der Waals surface area contributed by atoms with Gasteiger partial charge < -0.3 is 10.3 Å². The van der Waals surface area contributed by atoms with Gasteiger partial charge in [-0.05, 0) is 47.2 Å². The number of amides is 1. The minimum absolute atomic E-state index is 0.0378. The van der Waals surface area contributed by atoms with Crippen molar-refractivity contribution in [1.82, 2.24) is 25.2 Å². The van der Waals surface area contributed by atoms with Crippen molar-refractivity contribution in [3.8, 4) is 0 Å². The smallest absolute Gasteiger partial charge is 0.269 e. The summed E-state index contributed by atoms with van der Waals surface area (Å²) in [6, 6.07) is 7.62. The highest BCUT2D eigenvalue weighted by atomic mass is 16.1. The first-order valence-electron chi connectivity index (χ1n) is 10.6. The van der Waals surface area contributed by atoms with Gasteiger partial charge in [-0.1, -0.05) is 26.0 Å². The summed E-state index contributed by atoms with van der Waals surface area (Å²) in [5.41, 5.74) is 6.12. The maximum absolute atomic E-state index is 12.1. The highest BCUT2D eigenvalue weighted by Gasteiger charge is 2.21. The van der Waals surface area contributed by atoms with Gasteiger partial charge in [0.15, 0.2) is 0 Å². The molecule has 160 valence electrons. The molecule has 0 unspecified atom stereocenters. The van der Waals surface area contributed by atoms with E-state index in [2.05, 4.69) is 38.2 Å². The van der Waals surface area contributed by atoms with E-state index in [1.165, 1.54) is 5.57 Å². The molecule has 3 aromatic rings. The fourth-order valence-electron chi connectivity index (χ4n) is 4.12. The van der Waals surface area contributed by atoms with Gasteiger partial charge in [0.1, 0.15) is 5.69 Å². The van der Waals surface area contributed by atoms with Crippen LogP contribution >= 0.6 is 0 Å². The predicted molar refractivity (Wildman–Crippen MR) is 122 cm³/mol. The van der Waals surface area contributed by atoms with E-state index in [1.54, 1.807) is 19.3 Å². The van der Waals surface area contributed by atoms with Gasteiger partial charge in [-0.25, -0.2) is 0 Å². The van der Waals surface area contributed by atoms with E-state index in [0.29, 0.717) is 18.0 Å². The summed E-state index contributed by atoms with van der Waals surface area (Å²) in [6.45, 7) is 6.67. The summed E-state index contributed by atoms with van der Waals surface area (Å²) >= 11 is 0. The standard InChI is InChI=1S/C24H27N5O2/c1-4-17-10-21-22(28-23(17)30)9-16(11-26-21)14-29-8-7-19(15(2)13-29)18-5-6-20(27-12-18)24(31)25-3/h5-7,9-12,15H,4,8,13-14H2,1-3H3,(H,25,31)(H,28,30)/t15-/m1/s1. The summed E-state index contributed by atoms with van der Waals surface area (Å²) in [5, 5.41) is 2.59. The van der Waals surface area contributed by atoms with Crippen molar-refractivity contribution in [3.63, 3.8) is 0 Å². The van der Waals surface area contributed by atoms with Crippen molar-refractivity contribution in [1.29, 1.82) is 0 Å². The van der Waals surface area contributed by atoms with Gasteiger partial charge in [0.05, 0.1) is 11.0 Å². The van der Waals surface area contributed by atoms with E-state index < -0.39 is 0 Å². The predicted octanol–water partition coefficient (Wildman–Crippen LogP) is 2.78. The molecule has 3 aromatic heterocycles. The van der Waals surface area contributed by atoms with Crippen molar-refractivity contribution in [2.24, 2.45) is 5.92 Å². The minimum atomic E-state index is -0.181. The average molecular weight is 418 g/mol. The number of aromatic amines is 1. The first-order chi connectivity index (χ1) is 15.0. The molecule has 0 saturated heterocycles. The average Bonchev–Trinajstić information content (AvgIpc) is 2.78. The molecule has 0 fully saturated rings. The van der Waals surface area contributed by atoms with E-state index in [0.717, 1.165) is 47.4 Å². The fourth-order valence-corrected chi connectivity index (χ4v) is 4.12. The Morgan fingerprint density at radius 1 is 1.26 bits per heavy atom. The van der Waals surface area contributed by atoms with Gasteiger partial charge >= 0.3 is 0 Å². The maximum Gasteiger partial charge on any atom is 0.269 e. The third-order valence-corrected chi connectivity index (χ3v) is 5.80. The van der Waals surface area contributed by atoms with Crippen molar-refractivity contribution in [2.75, 3.05) is 20.1 Å². The summed E-state index contributed by atoms with van der Waals surface area (Å²) in [4.78, 5) is 38.0. The maximum atomic E-state index is 12.1. The van der Waals surface area contributed by atoms with Crippen LogP contribution in [0, 0.1) is 5.92 Å². The molecule has 4 heterocycles. The lowest BCUT2D eigenvalue weighted by Crippen LogP contribution is -2.33. The van der Waals surface area contributed by atoms with Gasteiger partial charge in [-0.3, -0.25) is 24.5 Å². The molecule has 1 aliphatic heterocycles. The zero-order chi connectivity index (χ0) is 22.0. The molecule has 0 saturated carbocycles. The molecule has 1 atom stereocenters. The molecule has 2 N–H and O–H groups in total. The molecular formula is C24H27N5O2. The number of aromatic nitrogens is 3. The van der Waals surface area contributed by atoms with Crippen LogP contribution < -0.4 is 10.9 Å². The van der Waals surface area contributed by atoms with Gasteiger partial charge in [0.2, 0.25) is 0 Å². The SMILES string of the molecule is CCc1cc2ncc(CN3CC=C(c4ccc(C(=O)NC)nc4)[C@H](C)C3)cc2[nH]c1=O. The molecule has 0 radical (unpaired) electrons. The zero-order valence-electron chi connectivity index (χ0n) is 18.1. The Morgan fingerprint density at radius 2 is 2.10 bits per heavy atom. The molecule has 4 rings (SSSR count). The van der Waals surface area contributed by atoms with Gasteiger partial charge in [0.25, 0.3) is 11.5 Å². The normalized spacial score (nSPS) is 16.9. The molecule has 0 bridgehead atoms. The third kappa shape index (κ3) is 4.41. The summed E-state index contributed by atoms with van der Waals surface area (Å²) < 4.78 is 0. The Labute approximate surface area is 181 Å². The summed E-state index contributed by atoms with van der Waals surface area (Å²) in [6.07, 6.45) is 6.59. The number of nitrogens with one attached hydrogen (secondary N) is 2. The van der Waals surface area contributed by atoms with Crippen LogP contribution in [0.25, 0.3) is 16.6 Å². The van der Waals surface area contributed by atoms with E-state index in [-0.39, 0.29) is 11.5 Å². The van der Waals surface area contributed by atoms with Crippen LogP contribution in [0.15, 0.2) is 47.5 Å². The molecule has 1 amide bonds. The first kappa shape index (κ1) is 20.9. The Bertz CT molecular complexity index is 1200. The molecule has 1 aliphatic rings. The number of carbonyl (C=O) groups is 1. The number of H-pyrrole nitrogens is 1. The lowest BCUT2D eigenvalue weighted by atomic mass is 9.91. The van der Waals surface area contributed by atoms with Crippen molar-refractivity contribution < 1.29 is 4.79 Å². The number of rotatable bonds is 5. The first-order valence-corrected chi connectivity index (χ1v) is 10.6. The quantitative estimate of drug-likeness (QED) is 0.666. The van der Waals surface area contributed by atoms with Gasteiger partial charge in [0, 0.05) is 44.6 Å². The number of nitrogens with zero attached hydrogens (tertiary/aromatic N) is 3. The molecule has 31 heavy (non-hydrogen) atoms. The van der Waals surface area contributed by atoms with E-state index in [4.69, 9.17) is 0 Å². The molecule has 7 heteroatoms. The Balaban J connectivity index is 1.48. The molecular weight excluding hydrogens is 390 g/mol. The van der Waals surface area contributed by atoms with E-state index in [1.807, 2.05) is 31.3 Å². The monoisotopic (exact) mass is 417 g/mol. The zero-order valence-corrected chi connectivity index (χ0v) is 18.1. The number of hydrogen-bond acceptors (Lipinski definition) is 5. The number of carbonyl (C=O) groups excluding carboxylic acids is 1. The van der Waals surface area contributed by atoms with E-state index >= 15 is 0 Å². The lowest BCUT2D eigenvalue weighted by molar-refractivity contribution is 0.0958. The highest BCUT2D eigenvalue weighted by Crippen LogP contribution is 2.28. The second-order valence-corrected chi connectivity index (χ2v) is 8.02. The molecule has 7 nitrogen and oxygen atoms in total. The van der Waals surface area contributed by atoms with E-state index in [9.17, 15) is 9.59 Å². The Kier molecular flexibility index (Phi) is 5.95. The number of fused-ring (bicyclic) bond motifs is 1. The number of aryl methyl sites for hydroxylation is 1. The van der Waals surface area contributed by atoms with Gasteiger partial charge in [-0.2, -0.15) is 0 Å². The lowest BCUT2D eigenvalue weighted by Gasteiger charge is -2.31. The fraction of sp³-hybridized carbons (Fsp3) is 0.333. The van der Waals surface area contributed by atoms with Crippen LogP contribution in [-0.2, 0) is 13.0 Å². The van der Waals surface area contributed by atoms with Crippen LogP contribution in [0.2, 0.25) is 0 Å². The summed E-state index contributed by atoms with van der Waals surface area (Å²) in [5.74, 6) is 0.154. The summed E-state index contributed by atoms with van der Waals surface area (Å²) in [7, 11) is 1.60. The Hall–Kier alpha value is -3.32. The van der Waals surface area contributed by atoms with Crippen LogP contribution in [0.5, 0.6) is 0 Å². The topological polar surface area (TPSA) is 91.0 Å². The second kappa shape index (κ2) is 8.81. The largest absolute Gasteiger partial charge is 0.354 e. The van der Waals surface area contributed by atoms with Crippen LogP contribution in [0.4, 0.5) is 0 Å². The van der Waals surface area contributed by atoms with Crippen LogP contribution in [0.1, 0.15) is 41.0 Å². The van der Waals surface area contributed by atoms with Crippen LogP contribution in [-0.4, -0.2) is 45.9 Å². The van der Waals surface area contributed by atoms with Crippen molar-refractivity contribution >= 4 is 22.5 Å². The second-order valence-electron chi connectivity index (χ2n) is 8.02. The molecule has 0 aromatic carbocycles. The third-order valence-electron chi connectivity index (χ3n) is 5.80.